The SMILES string of the molecule is Cc1occc1-c1nnc(SCC(=O)NC(C)c2cccc3ccccc23)n1-c1ccccc1. The number of rotatable bonds is 7. The maximum absolute atomic E-state index is 12.9. The van der Waals surface area contributed by atoms with Crippen molar-refractivity contribution in [2.24, 2.45) is 0 Å². The number of aryl methyl sites for hydroxylation is 1. The molecule has 0 saturated carbocycles. The first-order valence-electron chi connectivity index (χ1n) is 11.1. The number of nitrogens with zero attached hydrogens (tertiary/aromatic N) is 3. The maximum atomic E-state index is 12.9. The number of amides is 1. The van der Waals surface area contributed by atoms with Crippen LogP contribution in [-0.2, 0) is 4.79 Å². The molecule has 5 aromatic rings. The number of hydrogen-bond donors (Lipinski definition) is 1. The van der Waals surface area contributed by atoms with E-state index in [1.54, 1.807) is 6.26 Å². The maximum Gasteiger partial charge on any atom is 0.230 e. The van der Waals surface area contributed by atoms with Crippen LogP contribution < -0.4 is 5.32 Å². The second-order valence-corrected chi connectivity index (χ2v) is 8.96. The van der Waals surface area contributed by atoms with Gasteiger partial charge in [0.15, 0.2) is 11.0 Å². The highest BCUT2D eigenvalue weighted by molar-refractivity contribution is 7.99. The minimum Gasteiger partial charge on any atom is -0.469 e. The van der Waals surface area contributed by atoms with Gasteiger partial charge in [-0.3, -0.25) is 9.36 Å². The molecule has 0 aliphatic heterocycles. The smallest absolute Gasteiger partial charge is 0.230 e. The summed E-state index contributed by atoms with van der Waals surface area (Å²) in [5.41, 5.74) is 2.90. The Hall–Kier alpha value is -3.84. The van der Waals surface area contributed by atoms with E-state index in [1.807, 2.05) is 73.0 Å². The van der Waals surface area contributed by atoms with Crippen LogP contribution in [0.3, 0.4) is 0 Å². The highest BCUT2D eigenvalue weighted by Crippen LogP contribution is 2.30. The van der Waals surface area contributed by atoms with Gasteiger partial charge in [-0.05, 0) is 48.4 Å². The average molecular weight is 469 g/mol. The summed E-state index contributed by atoms with van der Waals surface area (Å²) in [6, 6.07) is 26.0. The van der Waals surface area contributed by atoms with Crippen molar-refractivity contribution in [3.8, 4) is 17.1 Å². The molecule has 170 valence electrons. The summed E-state index contributed by atoms with van der Waals surface area (Å²) in [6.07, 6.45) is 1.64. The molecule has 1 atom stereocenters. The van der Waals surface area contributed by atoms with Crippen LogP contribution in [0.4, 0.5) is 0 Å². The van der Waals surface area contributed by atoms with E-state index in [1.165, 1.54) is 11.8 Å². The van der Waals surface area contributed by atoms with Crippen molar-refractivity contribution in [1.82, 2.24) is 20.1 Å². The predicted octanol–water partition coefficient (Wildman–Crippen LogP) is 5.96. The van der Waals surface area contributed by atoms with Crippen molar-refractivity contribution in [2.45, 2.75) is 25.0 Å². The number of furan rings is 1. The highest BCUT2D eigenvalue weighted by atomic mass is 32.2. The zero-order chi connectivity index (χ0) is 23.5. The van der Waals surface area contributed by atoms with E-state index in [0.717, 1.165) is 33.3 Å². The Bertz CT molecular complexity index is 1440. The van der Waals surface area contributed by atoms with Crippen molar-refractivity contribution in [3.63, 3.8) is 0 Å². The Balaban J connectivity index is 1.35. The minimum atomic E-state index is -0.115. The van der Waals surface area contributed by atoms with Gasteiger partial charge < -0.3 is 9.73 Å². The molecule has 1 unspecified atom stereocenters. The molecule has 0 aliphatic rings. The number of nitrogens with one attached hydrogen (secondary N) is 1. The quantitative estimate of drug-likeness (QED) is 0.299. The first-order valence-corrected chi connectivity index (χ1v) is 12.1. The zero-order valence-corrected chi connectivity index (χ0v) is 19.8. The van der Waals surface area contributed by atoms with Gasteiger partial charge in [0.25, 0.3) is 0 Å². The van der Waals surface area contributed by atoms with E-state index in [0.29, 0.717) is 11.0 Å². The third-order valence-corrected chi connectivity index (χ3v) is 6.68. The van der Waals surface area contributed by atoms with Gasteiger partial charge in [0.1, 0.15) is 5.76 Å². The van der Waals surface area contributed by atoms with Crippen LogP contribution in [0.15, 0.2) is 94.7 Å². The standard InChI is InChI=1S/C27H24N4O2S/c1-18(22-14-8-10-20-9-6-7-13-24(20)22)28-25(32)17-34-27-30-29-26(23-15-16-33-19(23)2)31(27)21-11-4-3-5-12-21/h3-16,18H,17H2,1-2H3,(H,28,32). The predicted molar refractivity (Wildman–Crippen MR) is 135 cm³/mol. The number of hydrogen-bond acceptors (Lipinski definition) is 5. The number of thioether (sulfide) groups is 1. The third-order valence-electron chi connectivity index (χ3n) is 5.75. The summed E-state index contributed by atoms with van der Waals surface area (Å²) in [5.74, 6) is 1.62. The topological polar surface area (TPSA) is 72.9 Å². The van der Waals surface area contributed by atoms with Gasteiger partial charge in [-0.1, -0.05) is 72.4 Å². The monoisotopic (exact) mass is 468 g/mol. The normalized spacial score (nSPS) is 12.1. The van der Waals surface area contributed by atoms with Gasteiger partial charge in [0.2, 0.25) is 5.91 Å². The zero-order valence-electron chi connectivity index (χ0n) is 18.9. The van der Waals surface area contributed by atoms with Gasteiger partial charge in [0.05, 0.1) is 23.6 Å². The molecule has 0 spiro atoms. The van der Waals surface area contributed by atoms with E-state index in [4.69, 9.17) is 4.42 Å². The summed E-state index contributed by atoms with van der Waals surface area (Å²) in [6.45, 7) is 3.91. The van der Waals surface area contributed by atoms with E-state index < -0.39 is 0 Å². The number of para-hydroxylation sites is 1. The lowest BCUT2D eigenvalue weighted by atomic mass is 10.00. The van der Waals surface area contributed by atoms with Crippen LogP contribution in [0, 0.1) is 6.92 Å². The van der Waals surface area contributed by atoms with Crippen molar-refractivity contribution in [3.05, 3.63) is 96.4 Å². The van der Waals surface area contributed by atoms with Gasteiger partial charge in [0, 0.05) is 5.69 Å². The Kier molecular flexibility index (Phi) is 6.18. The average Bonchev–Trinajstić information content (AvgIpc) is 3.48. The van der Waals surface area contributed by atoms with Crippen molar-refractivity contribution in [1.29, 1.82) is 0 Å². The van der Waals surface area contributed by atoms with Crippen molar-refractivity contribution >= 4 is 28.4 Å². The molecule has 34 heavy (non-hydrogen) atoms. The van der Waals surface area contributed by atoms with Crippen LogP contribution in [0.2, 0.25) is 0 Å². The van der Waals surface area contributed by atoms with E-state index >= 15 is 0 Å². The number of carbonyl (C=O) groups is 1. The fourth-order valence-corrected chi connectivity index (χ4v) is 4.85. The first kappa shape index (κ1) is 22.0. The van der Waals surface area contributed by atoms with Crippen LogP contribution in [0.5, 0.6) is 0 Å². The van der Waals surface area contributed by atoms with Crippen LogP contribution in [0.25, 0.3) is 27.8 Å². The lowest BCUT2D eigenvalue weighted by Crippen LogP contribution is -2.28. The molecule has 1 N–H and O–H groups in total. The summed E-state index contributed by atoms with van der Waals surface area (Å²) in [7, 11) is 0. The molecule has 0 saturated heterocycles. The summed E-state index contributed by atoms with van der Waals surface area (Å²) in [4.78, 5) is 12.9. The number of benzene rings is 3. The van der Waals surface area contributed by atoms with Gasteiger partial charge >= 0.3 is 0 Å². The molecule has 7 heteroatoms. The molecule has 5 rings (SSSR count). The molecule has 3 aromatic carbocycles. The van der Waals surface area contributed by atoms with Gasteiger partial charge in [-0.2, -0.15) is 0 Å². The fraction of sp³-hybridized carbons (Fsp3) is 0.148. The molecule has 0 bridgehead atoms. The molecule has 0 fully saturated rings. The highest BCUT2D eigenvalue weighted by Gasteiger charge is 2.20. The Labute approximate surface area is 202 Å². The minimum absolute atomic E-state index is 0.0610. The molecule has 0 aliphatic carbocycles. The van der Waals surface area contributed by atoms with Crippen molar-refractivity contribution < 1.29 is 9.21 Å². The largest absolute Gasteiger partial charge is 0.469 e. The number of fused-ring (bicyclic) bond motifs is 1. The van der Waals surface area contributed by atoms with Gasteiger partial charge in [-0.25, -0.2) is 0 Å². The van der Waals surface area contributed by atoms with Crippen LogP contribution in [0.1, 0.15) is 24.3 Å². The summed E-state index contributed by atoms with van der Waals surface area (Å²) >= 11 is 1.36. The van der Waals surface area contributed by atoms with Gasteiger partial charge in [-0.15, -0.1) is 10.2 Å². The number of carbonyl (C=O) groups excluding carboxylic acids is 1. The van der Waals surface area contributed by atoms with Crippen LogP contribution in [-0.4, -0.2) is 26.4 Å². The summed E-state index contributed by atoms with van der Waals surface area (Å²) < 4.78 is 7.44. The van der Waals surface area contributed by atoms with Crippen LogP contribution >= 0.6 is 11.8 Å². The molecule has 2 heterocycles. The Morgan fingerprint density at radius 1 is 1.00 bits per heavy atom. The fourth-order valence-electron chi connectivity index (χ4n) is 4.08. The third kappa shape index (κ3) is 4.34. The van der Waals surface area contributed by atoms with E-state index in [-0.39, 0.29) is 17.7 Å². The first-order chi connectivity index (χ1) is 16.6. The molecule has 0 radical (unpaired) electrons. The second kappa shape index (κ2) is 9.57. The van der Waals surface area contributed by atoms with Crippen molar-refractivity contribution in [2.75, 3.05) is 5.75 Å². The molecule has 1 amide bonds. The molecule has 2 aromatic heterocycles. The molecular weight excluding hydrogens is 444 g/mol. The molecular formula is C27H24N4O2S. The Morgan fingerprint density at radius 3 is 2.56 bits per heavy atom. The number of aromatic nitrogens is 3. The van der Waals surface area contributed by atoms with E-state index in [9.17, 15) is 4.79 Å². The lowest BCUT2D eigenvalue weighted by Gasteiger charge is -2.16. The second-order valence-electron chi connectivity index (χ2n) is 8.01. The van der Waals surface area contributed by atoms with E-state index in [2.05, 4.69) is 39.8 Å². The molecule has 6 nitrogen and oxygen atoms in total. The Morgan fingerprint density at radius 2 is 1.76 bits per heavy atom. The lowest BCUT2D eigenvalue weighted by molar-refractivity contribution is -0.119. The summed E-state index contributed by atoms with van der Waals surface area (Å²) in [5, 5.41) is 14.9.